The molecular weight excluding hydrogens is 239 g/mol. The predicted octanol–water partition coefficient (Wildman–Crippen LogP) is 0.962. The molecule has 17 heavy (non-hydrogen) atoms. The van der Waals surface area contributed by atoms with Crippen molar-refractivity contribution in [2.45, 2.75) is 13.1 Å². The van der Waals surface area contributed by atoms with Crippen LogP contribution >= 0.6 is 0 Å². The van der Waals surface area contributed by atoms with Gasteiger partial charge in [-0.25, -0.2) is 4.79 Å². The van der Waals surface area contributed by atoms with Crippen LogP contribution in [0.1, 0.15) is 6.92 Å². The summed E-state index contributed by atoms with van der Waals surface area (Å²) < 4.78 is 40.9. The molecule has 1 N–H and O–H groups in total. The lowest BCUT2D eigenvalue weighted by Gasteiger charge is -2.20. The Morgan fingerprint density at radius 3 is 2.59 bits per heavy atom. The van der Waals surface area contributed by atoms with Crippen molar-refractivity contribution in [1.82, 2.24) is 4.90 Å². The summed E-state index contributed by atoms with van der Waals surface area (Å²) in [6.07, 6.45) is -1.98. The summed E-state index contributed by atoms with van der Waals surface area (Å²) in [6, 6.07) is 0. The highest BCUT2D eigenvalue weighted by Gasteiger charge is 2.29. The normalized spacial score (nSPS) is 12.4. The molecule has 0 spiro atoms. The quantitative estimate of drug-likeness (QED) is 0.544. The van der Waals surface area contributed by atoms with E-state index in [1.807, 2.05) is 0 Å². The van der Waals surface area contributed by atoms with Crippen molar-refractivity contribution >= 4 is 5.97 Å². The Balaban J connectivity index is 4.12. The monoisotopic (exact) mass is 255 g/mol. The van der Waals surface area contributed by atoms with E-state index in [0.29, 0.717) is 0 Å². The lowest BCUT2D eigenvalue weighted by molar-refractivity contribution is -0.145. The second-order valence-corrected chi connectivity index (χ2v) is 3.23. The number of hydrogen-bond donors (Lipinski definition) is 1. The highest BCUT2D eigenvalue weighted by atomic mass is 19.4. The van der Waals surface area contributed by atoms with Gasteiger partial charge < -0.3 is 9.84 Å². The van der Waals surface area contributed by atoms with Crippen molar-refractivity contribution in [3.8, 4) is 0 Å². The van der Waals surface area contributed by atoms with E-state index in [2.05, 4.69) is 4.74 Å². The highest BCUT2D eigenvalue weighted by molar-refractivity contribution is 5.81. The van der Waals surface area contributed by atoms with E-state index in [1.54, 1.807) is 6.92 Å². The maximum atomic E-state index is 12.1. The zero-order chi connectivity index (χ0) is 13.3. The van der Waals surface area contributed by atoms with Gasteiger partial charge in [0.1, 0.15) is 0 Å². The number of aliphatic hydroxyl groups excluding tert-OH is 1. The largest absolute Gasteiger partial charge is 0.463 e. The van der Waals surface area contributed by atoms with Crippen LogP contribution in [-0.2, 0) is 9.53 Å². The number of carbonyl (C=O) groups excluding carboxylic acids is 1. The molecule has 0 aliphatic rings. The second kappa shape index (κ2) is 8.08. The molecule has 0 aromatic rings. The fraction of sp³-hybridized carbons (Fsp3) is 0.700. The van der Waals surface area contributed by atoms with Crippen LogP contribution in [-0.4, -0.2) is 55.0 Å². The SMILES string of the molecule is CCOC(=O)/C=C/CN(CCO)CC(F)(F)F. The van der Waals surface area contributed by atoms with Gasteiger partial charge in [0.2, 0.25) is 0 Å². The number of aliphatic hydroxyl groups is 1. The summed E-state index contributed by atoms with van der Waals surface area (Å²) in [5, 5.41) is 8.60. The van der Waals surface area contributed by atoms with E-state index in [0.717, 1.165) is 11.0 Å². The minimum absolute atomic E-state index is 0.0706. The van der Waals surface area contributed by atoms with E-state index >= 15 is 0 Å². The van der Waals surface area contributed by atoms with Gasteiger partial charge in [-0.15, -0.1) is 0 Å². The molecule has 0 aromatic carbocycles. The Kier molecular flexibility index (Phi) is 7.56. The van der Waals surface area contributed by atoms with Crippen molar-refractivity contribution < 1.29 is 27.8 Å². The number of carbonyl (C=O) groups is 1. The molecule has 0 saturated heterocycles. The van der Waals surface area contributed by atoms with Gasteiger partial charge in [0, 0.05) is 19.2 Å². The molecule has 0 heterocycles. The van der Waals surface area contributed by atoms with Crippen LogP contribution in [0.15, 0.2) is 12.2 Å². The minimum Gasteiger partial charge on any atom is -0.463 e. The van der Waals surface area contributed by atoms with Gasteiger partial charge in [-0.1, -0.05) is 6.08 Å². The molecule has 0 unspecified atom stereocenters. The Morgan fingerprint density at radius 2 is 2.12 bits per heavy atom. The number of hydrogen-bond acceptors (Lipinski definition) is 4. The van der Waals surface area contributed by atoms with Gasteiger partial charge in [0.15, 0.2) is 0 Å². The third-order valence-electron chi connectivity index (χ3n) is 1.72. The molecule has 0 fully saturated rings. The Hall–Kier alpha value is -1.08. The third kappa shape index (κ3) is 9.83. The van der Waals surface area contributed by atoms with Gasteiger partial charge in [-0.05, 0) is 6.92 Å². The number of rotatable bonds is 7. The molecule has 0 atom stereocenters. The third-order valence-corrected chi connectivity index (χ3v) is 1.72. The summed E-state index contributed by atoms with van der Waals surface area (Å²) in [4.78, 5) is 11.9. The Morgan fingerprint density at radius 1 is 1.47 bits per heavy atom. The summed E-state index contributed by atoms with van der Waals surface area (Å²) in [6.45, 7) is 0.176. The molecule has 0 bridgehead atoms. The number of ether oxygens (including phenoxy) is 1. The van der Waals surface area contributed by atoms with Gasteiger partial charge >= 0.3 is 12.1 Å². The standard InChI is InChI=1S/C10H16F3NO3/c1-2-17-9(16)4-3-5-14(6-7-15)8-10(11,12)13/h3-4,15H,2,5-8H2,1H3/b4-3+. The number of alkyl halides is 3. The molecule has 0 amide bonds. The lowest BCUT2D eigenvalue weighted by Crippen LogP contribution is -2.36. The van der Waals surface area contributed by atoms with Crippen molar-refractivity contribution in [2.75, 3.05) is 32.8 Å². The zero-order valence-electron chi connectivity index (χ0n) is 9.54. The van der Waals surface area contributed by atoms with Crippen LogP contribution in [0.3, 0.4) is 0 Å². The van der Waals surface area contributed by atoms with E-state index in [-0.39, 0.29) is 26.3 Å². The fourth-order valence-electron chi connectivity index (χ4n) is 1.12. The van der Waals surface area contributed by atoms with Crippen molar-refractivity contribution in [2.24, 2.45) is 0 Å². The molecule has 0 radical (unpaired) electrons. The second-order valence-electron chi connectivity index (χ2n) is 3.23. The first-order valence-corrected chi connectivity index (χ1v) is 5.12. The number of halogens is 3. The van der Waals surface area contributed by atoms with Gasteiger partial charge in [-0.3, -0.25) is 4.90 Å². The zero-order valence-corrected chi connectivity index (χ0v) is 9.54. The van der Waals surface area contributed by atoms with Crippen LogP contribution in [0.4, 0.5) is 13.2 Å². The first kappa shape index (κ1) is 15.9. The maximum Gasteiger partial charge on any atom is 0.401 e. The smallest absolute Gasteiger partial charge is 0.401 e. The number of nitrogens with zero attached hydrogens (tertiary/aromatic N) is 1. The summed E-state index contributed by atoms with van der Waals surface area (Å²) in [5.41, 5.74) is 0. The van der Waals surface area contributed by atoms with Crippen molar-refractivity contribution in [3.05, 3.63) is 12.2 Å². The van der Waals surface area contributed by atoms with Crippen LogP contribution in [0.5, 0.6) is 0 Å². The molecule has 4 nitrogen and oxygen atoms in total. The summed E-state index contributed by atoms with van der Waals surface area (Å²) >= 11 is 0. The van der Waals surface area contributed by atoms with Gasteiger partial charge in [0.25, 0.3) is 0 Å². The Labute approximate surface area is 97.7 Å². The maximum absolute atomic E-state index is 12.1. The molecule has 0 aromatic heterocycles. The molecular formula is C10H16F3NO3. The van der Waals surface area contributed by atoms with Gasteiger partial charge in [-0.2, -0.15) is 13.2 Å². The molecule has 0 saturated carbocycles. The van der Waals surface area contributed by atoms with Gasteiger partial charge in [0.05, 0.1) is 19.8 Å². The van der Waals surface area contributed by atoms with Crippen LogP contribution in [0, 0.1) is 0 Å². The van der Waals surface area contributed by atoms with Crippen LogP contribution in [0.25, 0.3) is 0 Å². The summed E-state index contributed by atoms with van der Waals surface area (Å²) in [7, 11) is 0. The van der Waals surface area contributed by atoms with E-state index in [9.17, 15) is 18.0 Å². The Bertz CT molecular complexity index is 254. The van der Waals surface area contributed by atoms with Crippen LogP contribution in [0.2, 0.25) is 0 Å². The topological polar surface area (TPSA) is 49.8 Å². The molecule has 0 rings (SSSR count). The molecule has 7 heteroatoms. The van der Waals surface area contributed by atoms with E-state index in [4.69, 9.17) is 5.11 Å². The van der Waals surface area contributed by atoms with Crippen molar-refractivity contribution in [3.63, 3.8) is 0 Å². The van der Waals surface area contributed by atoms with E-state index in [1.165, 1.54) is 6.08 Å². The van der Waals surface area contributed by atoms with Crippen LogP contribution < -0.4 is 0 Å². The number of esters is 1. The van der Waals surface area contributed by atoms with Crippen molar-refractivity contribution in [1.29, 1.82) is 0 Å². The molecule has 0 aliphatic carbocycles. The average Bonchev–Trinajstić information content (AvgIpc) is 2.15. The lowest BCUT2D eigenvalue weighted by atomic mass is 10.4. The molecule has 100 valence electrons. The first-order chi connectivity index (χ1) is 7.89. The predicted molar refractivity (Wildman–Crippen MR) is 55.4 cm³/mol. The minimum atomic E-state index is -4.33. The molecule has 0 aliphatic heterocycles. The average molecular weight is 255 g/mol. The summed E-state index contributed by atoms with van der Waals surface area (Å²) in [5.74, 6) is -0.594. The van der Waals surface area contributed by atoms with E-state index < -0.39 is 18.7 Å². The highest BCUT2D eigenvalue weighted by Crippen LogP contribution is 2.16. The first-order valence-electron chi connectivity index (χ1n) is 5.12. The fourth-order valence-corrected chi connectivity index (χ4v) is 1.12.